The van der Waals surface area contributed by atoms with E-state index < -0.39 is 23.8 Å². The second kappa shape index (κ2) is 8.73. The summed E-state index contributed by atoms with van der Waals surface area (Å²) in [5.74, 6) is -1.92. The molecule has 1 unspecified atom stereocenters. The summed E-state index contributed by atoms with van der Waals surface area (Å²) >= 11 is 1.38. The Morgan fingerprint density at radius 2 is 1.90 bits per heavy atom. The molecular weight excluding hydrogens is 395 g/mol. The van der Waals surface area contributed by atoms with Gasteiger partial charge < -0.3 is 15.4 Å². The summed E-state index contributed by atoms with van der Waals surface area (Å²) in [5, 5.41) is 5.71. The fraction of sp³-hybridized carbons (Fsp3) is 0.381. The summed E-state index contributed by atoms with van der Waals surface area (Å²) in [5.41, 5.74) is 1.98. The number of ether oxygens (including phenoxy) is 1. The molecular formula is C21H23FN2O4S. The first-order valence-corrected chi connectivity index (χ1v) is 10.3. The first-order valence-electron chi connectivity index (χ1n) is 9.46. The molecule has 0 aliphatic heterocycles. The molecule has 6 nitrogen and oxygen atoms in total. The van der Waals surface area contributed by atoms with E-state index in [9.17, 15) is 18.8 Å². The smallest absolute Gasteiger partial charge is 0.342 e. The number of thiophene rings is 1. The van der Waals surface area contributed by atoms with Gasteiger partial charge in [-0.05, 0) is 62.8 Å². The van der Waals surface area contributed by atoms with Gasteiger partial charge in [-0.3, -0.25) is 9.59 Å². The quantitative estimate of drug-likeness (QED) is 0.712. The molecule has 1 aliphatic carbocycles. The van der Waals surface area contributed by atoms with E-state index in [1.807, 2.05) is 0 Å². The molecule has 1 aromatic heterocycles. The van der Waals surface area contributed by atoms with Crippen LogP contribution in [0.4, 0.5) is 15.1 Å². The highest BCUT2D eigenvalue weighted by molar-refractivity contribution is 7.17. The molecule has 1 aliphatic rings. The Morgan fingerprint density at radius 3 is 2.59 bits per heavy atom. The number of hydrogen-bond donors (Lipinski definition) is 2. The highest BCUT2D eigenvalue weighted by Crippen LogP contribution is 2.38. The minimum atomic E-state index is -1.09. The van der Waals surface area contributed by atoms with Gasteiger partial charge in [-0.15, -0.1) is 11.3 Å². The molecule has 0 bridgehead atoms. The number of esters is 1. The normalized spacial score (nSPS) is 13.9. The standard InChI is InChI=1S/C21H23FN2O4S/c1-11-8-9-14(10-16(11)22)24-19(26)12(2)28-21(27)18-15-6-4-5-7-17(15)29-20(18)23-13(3)25/h8-10,12H,4-7H2,1-3H3,(H,23,25)(H,24,26). The van der Waals surface area contributed by atoms with Crippen LogP contribution in [0.25, 0.3) is 0 Å². The van der Waals surface area contributed by atoms with Crippen molar-refractivity contribution in [1.29, 1.82) is 0 Å². The van der Waals surface area contributed by atoms with Crippen LogP contribution >= 0.6 is 11.3 Å². The topological polar surface area (TPSA) is 84.5 Å². The predicted molar refractivity (Wildman–Crippen MR) is 110 cm³/mol. The van der Waals surface area contributed by atoms with Crippen LogP contribution in [-0.4, -0.2) is 23.9 Å². The molecule has 0 saturated heterocycles. The number of aryl methyl sites for hydroxylation is 2. The van der Waals surface area contributed by atoms with E-state index in [0.717, 1.165) is 36.1 Å². The zero-order valence-electron chi connectivity index (χ0n) is 16.6. The zero-order chi connectivity index (χ0) is 21.1. The number of hydrogen-bond acceptors (Lipinski definition) is 5. The van der Waals surface area contributed by atoms with Crippen LogP contribution in [0.1, 0.15) is 53.1 Å². The van der Waals surface area contributed by atoms with Crippen molar-refractivity contribution in [3.8, 4) is 0 Å². The average Bonchev–Trinajstić information content (AvgIpc) is 3.01. The van der Waals surface area contributed by atoms with Crippen LogP contribution in [0.2, 0.25) is 0 Å². The molecule has 29 heavy (non-hydrogen) atoms. The molecule has 0 spiro atoms. The van der Waals surface area contributed by atoms with Gasteiger partial charge in [0, 0.05) is 17.5 Å². The highest BCUT2D eigenvalue weighted by Gasteiger charge is 2.29. The molecule has 3 rings (SSSR count). The van der Waals surface area contributed by atoms with Gasteiger partial charge in [-0.2, -0.15) is 0 Å². The van der Waals surface area contributed by atoms with E-state index in [4.69, 9.17) is 4.74 Å². The lowest BCUT2D eigenvalue weighted by Crippen LogP contribution is -2.30. The maximum atomic E-state index is 13.7. The third kappa shape index (κ3) is 4.82. The Labute approximate surface area is 172 Å². The molecule has 0 saturated carbocycles. The molecule has 0 fully saturated rings. The summed E-state index contributed by atoms with van der Waals surface area (Å²) in [4.78, 5) is 37.8. The van der Waals surface area contributed by atoms with Crippen molar-refractivity contribution in [2.75, 3.05) is 10.6 Å². The monoisotopic (exact) mass is 418 g/mol. The number of amides is 2. The number of benzene rings is 1. The first kappa shape index (κ1) is 21.0. The molecule has 2 N–H and O–H groups in total. The van der Waals surface area contributed by atoms with Crippen LogP contribution in [-0.2, 0) is 27.2 Å². The lowest BCUT2D eigenvalue weighted by Gasteiger charge is -2.16. The molecule has 2 amide bonds. The molecule has 2 aromatic rings. The fourth-order valence-electron chi connectivity index (χ4n) is 3.22. The molecule has 8 heteroatoms. The van der Waals surface area contributed by atoms with Crippen LogP contribution in [0, 0.1) is 12.7 Å². The summed E-state index contributed by atoms with van der Waals surface area (Å²) in [6.07, 6.45) is 2.50. The van der Waals surface area contributed by atoms with Gasteiger partial charge >= 0.3 is 5.97 Å². The fourth-order valence-corrected chi connectivity index (χ4v) is 4.54. The van der Waals surface area contributed by atoms with Crippen LogP contribution in [0.5, 0.6) is 0 Å². The molecule has 154 valence electrons. The predicted octanol–water partition coefficient (Wildman–Crippen LogP) is 4.22. The van der Waals surface area contributed by atoms with Crippen molar-refractivity contribution in [2.45, 2.75) is 52.6 Å². The second-order valence-corrected chi connectivity index (χ2v) is 8.20. The van der Waals surface area contributed by atoms with E-state index in [1.54, 1.807) is 19.1 Å². The van der Waals surface area contributed by atoms with Gasteiger partial charge in [0.2, 0.25) is 5.91 Å². The van der Waals surface area contributed by atoms with Gasteiger partial charge in [0.15, 0.2) is 6.10 Å². The third-order valence-electron chi connectivity index (χ3n) is 4.76. The SMILES string of the molecule is CC(=O)Nc1sc2c(c1C(=O)OC(C)C(=O)Nc1ccc(C)c(F)c1)CCCC2. The maximum absolute atomic E-state index is 13.7. The van der Waals surface area contributed by atoms with Gasteiger partial charge in [0.1, 0.15) is 10.8 Å². The maximum Gasteiger partial charge on any atom is 0.342 e. The van der Waals surface area contributed by atoms with Crippen molar-refractivity contribution < 1.29 is 23.5 Å². The minimum Gasteiger partial charge on any atom is -0.449 e. The van der Waals surface area contributed by atoms with E-state index in [1.165, 1.54) is 31.3 Å². The van der Waals surface area contributed by atoms with Crippen LogP contribution in [0.3, 0.4) is 0 Å². The summed E-state index contributed by atoms with van der Waals surface area (Å²) in [6.45, 7) is 4.46. The van der Waals surface area contributed by atoms with Crippen molar-refractivity contribution in [2.24, 2.45) is 0 Å². The number of rotatable bonds is 5. The summed E-state index contributed by atoms with van der Waals surface area (Å²) in [6, 6.07) is 4.35. The van der Waals surface area contributed by atoms with Crippen molar-refractivity contribution in [3.05, 3.63) is 45.6 Å². The Hall–Kier alpha value is -2.74. The summed E-state index contributed by atoms with van der Waals surface area (Å²) < 4.78 is 19.0. The van der Waals surface area contributed by atoms with Gasteiger partial charge in [0.05, 0.1) is 5.56 Å². The van der Waals surface area contributed by atoms with Crippen molar-refractivity contribution >= 4 is 39.8 Å². The molecule has 0 radical (unpaired) electrons. The van der Waals surface area contributed by atoms with Crippen molar-refractivity contribution in [3.63, 3.8) is 0 Å². The van der Waals surface area contributed by atoms with Crippen molar-refractivity contribution in [1.82, 2.24) is 0 Å². The lowest BCUT2D eigenvalue weighted by molar-refractivity contribution is -0.123. The molecule has 1 heterocycles. The Morgan fingerprint density at radius 1 is 1.17 bits per heavy atom. The third-order valence-corrected chi connectivity index (χ3v) is 5.96. The number of carbonyl (C=O) groups excluding carboxylic acids is 3. The highest BCUT2D eigenvalue weighted by atomic mass is 32.1. The number of nitrogens with one attached hydrogen (secondary N) is 2. The van der Waals surface area contributed by atoms with Gasteiger partial charge in [-0.25, -0.2) is 9.18 Å². The number of fused-ring (bicyclic) bond motifs is 1. The first-order chi connectivity index (χ1) is 13.8. The lowest BCUT2D eigenvalue weighted by atomic mass is 9.95. The van der Waals surface area contributed by atoms with Gasteiger partial charge in [-0.1, -0.05) is 6.07 Å². The van der Waals surface area contributed by atoms with Crippen LogP contribution < -0.4 is 10.6 Å². The van der Waals surface area contributed by atoms with E-state index in [-0.39, 0.29) is 11.6 Å². The van der Waals surface area contributed by atoms with E-state index >= 15 is 0 Å². The Kier molecular flexibility index (Phi) is 6.32. The number of halogens is 1. The minimum absolute atomic E-state index is 0.273. The van der Waals surface area contributed by atoms with Gasteiger partial charge in [0.25, 0.3) is 5.91 Å². The van der Waals surface area contributed by atoms with E-state index in [2.05, 4.69) is 10.6 Å². The Balaban J connectivity index is 1.75. The Bertz CT molecular complexity index is 970. The molecule has 1 aromatic carbocycles. The van der Waals surface area contributed by atoms with E-state index in [0.29, 0.717) is 16.1 Å². The second-order valence-electron chi connectivity index (χ2n) is 7.10. The molecule has 1 atom stereocenters. The number of carbonyl (C=O) groups is 3. The zero-order valence-corrected chi connectivity index (χ0v) is 17.4. The largest absolute Gasteiger partial charge is 0.449 e. The van der Waals surface area contributed by atoms with Crippen LogP contribution in [0.15, 0.2) is 18.2 Å². The average molecular weight is 418 g/mol. The summed E-state index contributed by atoms with van der Waals surface area (Å²) in [7, 11) is 0. The number of anilines is 2.